The molecule has 1 saturated carbocycles. The van der Waals surface area contributed by atoms with Crippen LogP contribution in [0.3, 0.4) is 0 Å². The Labute approximate surface area is 151 Å². The molecule has 2 aromatic rings. The van der Waals surface area contributed by atoms with E-state index in [0.717, 1.165) is 19.5 Å². The molecule has 1 aromatic carbocycles. The van der Waals surface area contributed by atoms with E-state index < -0.39 is 0 Å². The highest BCUT2D eigenvalue weighted by molar-refractivity contribution is 5.85. The van der Waals surface area contributed by atoms with Crippen molar-refractivity contribution in [1.29, 1.82) is 0 Å². The number of allylic oxidation sites excluding steroid dienone is 1. The summed E-state index contributed by atoms with van der Waals surface area (Å²) in [7, 11) is 2.08. The van der Waals surface area contributed by atoms with Gasteiger partial charge in [0.1, 0.15) is 0 Å². The molecule has 0 bridgehead atoms. The third-order valence-corrected chi connectivity index (χ3v) is 5.91. The molecule has 1 unspecified atom stereocenters. The molecule has 0 amide bonds. The first kappa shape index (κ1) is 16.7. The molecule has 1 aliphatic heterocycles. The van der Waals surface area contributed by atoms with Gasteiger partial charge in [-0.1, -0.05) is 32.0 Å². The smallest absolute Gasteiger partial charge is 0.0694 e. The lowest BCUT2D eigenvalue weighted by Gasteiger charge is -2.42. The van der Waals surface area contributed by atoms with Gasteiger partial charge in [0.05, 0.1) is 6.04 Å². The van der Waals surface area contributed by atoms with Crippen molar-refractivity contribution in [1.82, 2.24) is 15.2 Å². The third-order valence-electron chi connectivity index (χ3n) is 5.91. The lowest BCUT2D eigenvalue weighted by molar-refractivity contribution is 0.198. The van der Waals surface area contributed by atoms with E-state index >= 15 is 0 Å². The van der Waals surface area contributed by atoms with E-state index in [1.54, 1.807) is 16.8 Å². The Hall–Kier alpha value is -1.74. The average molecular weight is 338 g/mol. The van der Waals surface area contributed by atoms with Crippen LogP contribution >= 0.6 is 0 Å². The summed E-state index contributed by atoms with van der Waals surface area (Å²) in [6.45, 7) is 6.85. The molecular formula is C22H31N3. The van der Waals surface area contributed by atoms with E-state index in [2.05, 4.69) is 60.4 Å². The number of aromatic nitrogens is 1. The van der Waals surface area contributed by atoms with Gasteiger partial charge in [-0.25, -0.2) is 0 Å². The normalized spacial score (nSPS) is 20.1. The Morgan fingerprint density at radius 1 is 1.24 bits per heavy atom. The molecule has 3 nitrogen and oxygen atoms in total. The maximum Gasteiger partial charge on any atom is 0.0694 e. The largest absolute Gasteiger partial charge is 0.365 e. The van der Waals surface area contributed by atoms with Crippen molar-refractivity contribution in [3.63, 3.8) is 0 Å². The summed E-state index contributed by atoms with van der Waals surface area (Å²) in [6, 6.07) is 9.30. The van der Waals surface area contributed by atoms with Crippen molar-refractivity contribution in [3.8, 4) is 0 Å². The third kappa shape index (κ3) is 2.99. The van der Waals surface area contributed by atoms with E-state index in [-0.39, 0.29) is 0 Å². The number of rotatable bonds is 5. The van der Waals surface area contributed by atoms with Gasteiger partial charge in [-0.2, -0.15) is 0 Å². The minimum absolute atomic E-state index is 0.479. The highest BCUT2D eigenvalue weighted by atomic mass is 15.2. The van der Waals surface area contributed by atoms with Crippen LogP contribution in [0.5, 0.6) is 0 Å². The molecule has 0 saturated heterocycles. The number of benzene rings is 1. The van der Waals surface area contributed by atoms with Crippen molar-refractivity contribution in [3.05, 3.63) is 46.8 Å². The van der Waals surface area contributed by atoms with Gasteiger partial charge in [0.25, 0.3) is 0 Å². The molecule has 1 atom stereocenters. The Balaban J connectivity index is 1.78. The van der Waals surface area contributed by atoms with Crippen LogP contribution in [0.4, 0.5) is 0 Å². The maximum absolute atomic E-state index is 3.79. The average Bonchev–Trinajstić information content (AvgIpc) is 2.92. The Morgan fingerprint density at radius 2 is 2.04 bits per heavy atom. The van der Waals surface area contributed by atoms with Crippen LogP contribution in [0.15, 0.2) is 35.5 Å². The quantitative estimate of drug-likeness (QED) is 0.823. The molecule has 1 aromatic heterocycles. The lowest BCUT2D eigenvalue weighted by atomic mass is 9.86. The van der Waals surface area contributed by atoms with Crippen LogP contribution in [0.25, 0.3) is 10.9 Å². The van der Waals surface area contributed by atoms with Gasteiger partial charge in [0.15, 0.2) is 0 Å². The zero-order chi connectivity index (χ0) is 17.4. The zero-order valence-electron chi connectivity index (χ0n) is 15.9. The van der Waals surface area contributed by atoms with Crippen LogP contribution in [0.1, 0.15) is 56.8 Å². The first-order valence-electron chi connectivity index (χ1n) is 9.90. The topological polar surface area (TPSA) is 31.1 Å². The molecular weight excluding hydrogens is 306 g/mol. The van der Waals surface area contributed by atoms with Gasteiger partial charge in [-0.3, -0.25) is 0 Å². The van der Waals surface area contributed by atoms with E-state index in [4.69, 9.17) is 0 Å². The van der Waals surface area contributed by atoms with Crippen molar-refractivity contribution in [2.45, 2.75) is 52.0 Å². The number of nitrogens with zero attached hydrogens (tertiary/aromatic N) is 1. The Kier molecular flexibility index (Phi) is 4.60. The standard InChI is InChI=1S/C22H31N3/c1-15(2)13-20-22-18(17-9-4-5-10-19(17)24-22)11-12-25(20)21(14-23-3)16-7-6-8-16/h4-5,9-10,15,20,23-24H,6-8,11-14H2,1-3H3. The minimum atomic E-state index is 0.479. The molecule has 2 aliphatic rings. The second-order valence-corrected chi connectivity index (χ2v) is 8.09. The first-order valence-corrected chi connectivity index (χ1v) is 9.90. The van der Waals surface area contributed by atoms with E-state index in [0.29, 0.717) is 12.0 Å². The number of nitrogens with one attached hydrogen (secondary N) is 2. The number of para-hydroxylation sites is 1. The number of hydrogen-bond donors (Lipinski definition) is 2. The van der Waals surface area contributed by atoms with Crippen molar-refractivity contribution >= 4 is 10.9 Å². The van der Waals surface area contributed by atoms with Crippen LogP contribution in [0, 0.1) is 5.92 Å². The van der Waals surface area contributed by atoms with E-state index in [1.807, 2.05) is 0 Å². The highest BCUT2D eigenvalue weighted by Crippen LogP contribution is 2.41. The Morgan fingerprint density at radius 3 is 2.72 bits per heavy atom. The number of fused-ring (bicyclic) bond motifs is 3. The van der Waals surface area contributed by atoms with Gasteiger partial charge in [0, 0.05) is 35.4 Å². The summed E-state index contributed by atoms with van der Waals surface area (Å²) in [4.78, 5) is 6.51. The minimum Gasteiger partial charge on any atom is -0.365 e. The molecule has 4 rings (SSSR count). The fourth-order valence-corrected chi connectivity index (χ4v) is 4.57. The molecule has 3 heteroatoms. The van der Waals surface area contributed by atoms with Gasteiger partial charge in [0.2, 0.25) is 0 Å². The summed E-state index contributed by atoms with van der Waals surface area (Å²) >= 11 is 0. The number of H-pyrrole nitrogens is 1. The van der Waals surface area contributed by atoms with Crippen LogP contribution < -0.4 is 5.32 Å². The first-order chi connectivity index (χ1) is 12.2. The molecule has 25 heavy (non-hydrogen) atoms. The van der Waals surface area contributed by atoms with Crippen molar-refractivity contribution in [2.24, 2.45) is 5.92 Å². The van der Waals surface area contributed by atoms with Gasteiger partial charge < -0.3 is 15.2 Å². The molecule has 0 radical (unpaired) electrons. The summed E-state index contributed by atoms with van der Waals surface area (Å²) in [5.74, 6) is 0.687. The van der Waals surface area contributed by atoms with E-state index in [9.17, 15) is 0 Å². The van der Waals surface area contributed by atoms with Crippen molar-refractivity contribution < 1.29 is 0 Å². The van der Waals surface area contributed by atoms with Crippen LogP contribution in [0.2, 0.25) is 0 Å². The summed E-state index contributed by atoms with van der Waals surface area (Å²) < 4.78 is 0. The Bertz CT molecular complexity index is 778. The second-order valence-electron chi connectivity index (χ2n) is 8.09. The molecule has 1 aliphatic carbocycles. The molecule has 1 fully saturated rings. The maximum atomic E-state index is 3.79. The van der Waals surface area contributed by atoms with Crippen molar-refractivity contribution in [2.75, 3.05) is 20.1 Å². The summed E-state index contributed by atoms with van der Waals surface area (Å²) in [5.41, 5.74) is 7.58. The summed E-state index contributed by atoms with van der Waals surface area (Å²) in [6.07, 6.45) is 6.31. The zero-order valence-corrected chi connectivity index (χ0v) is 15.9. The second kappa shape index (κ2) is 6.87. The van der Waals surface area contributed by atoms with Crippen LogP contribution in [-0.2, 0) is 6.42 Å². The van der Waals surface area contributed by atoms with Gasteiger partial charge in [-0.15, -0.1) is 0 Å². The predicted octanol–water partition coefficient (Wildman–Crippen LogP) is 4.77. The highest BCUT2D eigenvalue weighted by Gasteiger charge is 2.33. The number of aromatic amines is 1. The summed E-state index contributed by atoms with van der Waals surface area (Å²) in [5, 5.41) is 4.86. The number of likely N-dealkylation sites (N-methyl/N-ethyl adjacent to an activating group) is 1. The molecule has 2 N–H and O–H groups in total. The predicted molar refractivity (Wildman–Crippen MR) is 106 cm³/mol. The molecule has 134 valence electrons. The SMILES string of the molecule is CNCC(=C1CCC1)N1CCc2c([nH]c3ccccc23)C1CC(C)C. The number of hydrogen-bond acceptors (Lipinski definition) is 2. The lowest BCUT2D eigenvalue weighted by Crippen LogP contribution is -2.39. The van der Waals surface area contributed by atoms with E-state index in [1.165, 1.54) is 42.3 Å². The van der Waals surface area contributed by atoms with Gasteiger partial charge in [-0.05, 0) is 62.3 Å². The fourth-order valence-electron chi connectivity index (χ4n) is 4.57. The van der Waals surface area contributed by atoms with Crippen LogP contribution in [-0.4, -0.2) is 30.0 Å². The van der Waals surface area contributed by atoms with Gasteiger partial charge >= 0.3 is 0 Å². The fraction of sp³-hybridized carbons (Fsp3) is 0.545. The monoisotopic (exact) mass is 337 g/mol. The molecule has 0 spiro atoms. The molecule has 2 heterocycles.